The van der Waals surface area contributed by atoms with Gasteiger partial charge in [-0.2, -0.15) is 11.8 Å². The zero-order valence-electron chi connectivity index (χ0n) is 9.49. The molecule has 0 amide bonds. The van der Waals surface area contributed by atoms with E-state index in [2.05, 4.69) is 6.92 Å². The summed E-state index contributed by atoms with van der Waals surface area (Å²) in [4.78, 5) is 0. The molecule has 0 fully saturated rings. The van der Waals surface area contributed by atoms with Crippen LogP contribution in [0.5, 0.6) is 5.75 Å². The molecule has 0 spiro atoms. The fourth-order valence-electron chi connectivity index (χ4n) is 1.10. The monoisotopic (exact) mass is 243 g/mol. The van der Waals surface area contributed by atoms with Gasteiger partial charge in [0.05, 0.1) is 6.61 Å². The minimum Gasteiger partial charge on any atom is -0.493 e. The van der Waals surface area contributed by atoms with Crippen molar-refractivity contribution in [2.24, 2.45) is 5.73 Å². The molecule has 1 aromatic carbocycles. The lowest BCUT2D eigenvalue weighted by Gasteiger charge is -2.09. The van der Waals surface area contributed by atoms with Crippen LogP contribution in [0.25, 0.3) is 0 Å². The highest BCUT2D eigenvalue weighted by Gasteiger charge is 1.99. The second-order valence-corrected chi connectivity index (χ2v) is 4.70. The average molecular weight is 243 g/mol. The first-order chi connectivity index (χ1) is 7.72. The van der Waals surface area contributed by atoms with Crippen molar-refractivity contribution in [3.05, 3.63) is 30.1 Å². The molecule has 0 aromatic heterocycles. The minimum atomic E-state index is -0.240. The van der Waals surface area contributed by atoms with Gasteiger partial charge in [0, 0.05) is 17.5 Å². The van der Waals surface area contributed by atoms with Gasteiger partial charge in [-0.05, 0) is 30.7 Å². The van der Waals surface area contributed by atoms with Crippen molar-refractivity contribution < 1.29 is 9.13 Å². The van der Waals surface area contributed by atoms with Crippen LogP contribution < -0.4 is 10.5 Å². The molecule has 0 radical (unpaired) electrons. The topological polar surface area (TPSA) is 35.2 Å². The molecule has 0 heterocycles. The molecule has 0 saturated carbocycles. The maximum absolute atomic E-state index is 12.6. The normalized spacial score (nSPS) is 12.4. The van der Waals surface area contributed by atoms with Gasteiger partial charge in [0.2, 0.25) is 0 Å². The Hall–Kier alpha value is -0.740. The number of thioether (sulfide) groups is 1. The van der Waals surface area contributed by atoms with E-state index in [1.165, 1.54) is 12.1 Å². The van der Waals surface area contributed by atoms with E-state index in [4.69, 9.17) is 10.5 Å². The van der Waals surface area contributed by atoms with Gasteiger partial charge in [0.15, 0.2) is 0 Å². The quantitative estimate of drug-likeness (QED) is 0.748. The van der Waals surface area contributed by atoms with Crippen LogP contribution >= 0.6 is 11.8 Å². The molecule has 1 unspecified atom stereocenters. The predicted octanol–water partition coefficient (Wildman–Crippen LogP) is 2.68. The van der Waals surface area contributed by atoms with Crippen LogP contribution in [0.2, 0.25) is 0 Å². The van der Waals surface area contributed by atoms with E-state index in [1.54, 1.807) is 23.9 Å². The van der Waals surface area contributed by atoms with Gasteiger partial charge >= 0.3 is 0 Å². The van der Waals surface area contributed by atoms with Crippen molar-refractivity contribution in [2.45, 2.75) is 19.4 Å². The third kappa shape index (κ3) is 5.37. The number of hydrogen-bond donors (Lipinski definition) is 1. The lowest BCUT2D eigenvalue weighted by atomic mass is 10.3. The van der Waals surface area contributed by atoms with Gasteiger partial charge < -0.3 is 10.5 Å². The summed E-state index contributed by atoms with van der Waals surface area (Å²) in [7, 11) is 0. The summed E-state index contributed by atoms with van der Waals surface area (Å²) in [5, 5.41) is 0. The molecule has 2 N–H and O–H groups in total. The molecule has 1 aromatic rings. The SMILES string of the molecule is CCC(N)CSCCOc1ccc(F)cc1. The minimum absolute atomic E-state index is 0.240. The second-order valence-electron chi connectivity index (χ2n) is 3.55. The molecule has 0 saturated heterocycles. The van der Waals surface area contributed by atoms with Crippen molar-refractivity contribution in [3.63, 3.8) is 0 Å². The molecule has 1 atom stereocenters. The van der Waals surface area contributed by atoms with Crippen LogP contribution in [0.3, 0.4) is 0 Å². The summed E-state index contributed by atoms with van der Waals surface area (Å²) in [5.74, 6) is 2.34. The Morgan fingerprint density at radius 2 is 2.06 bits per heavy atom. The predicted molar refractivity (Wildman–Crippen MR) is 67.5 cm³/mol. The van der Waals surface area contributed by atoms with Gasteiger partial charge in [-0.15, -0.1) is 0 Å². The number of ether oxygens (including phenoxy) is 1. The van der Waals surface area contributed by atoms with Crippen LogP contribution in [0, 0.1) is 5.82 Å². The van der Waals surface area contributed by atoms with Crippen LogP contribution in [0.1, 0.15) is 13.3 Å². The van der Waals surface area contributed by atoms with E-state index in [0.717, 1.165) is 17.9 Å². The van der Waals surface area contributed by atoms with Crippen LogP contribution in [0.15, 0.2) is 24.3 Å². The van der Waals surface area contributed by atoms with Crippen LogP contribution in [0.4, 0.5) is 4.39 Å². The summed E-state index contributed by atoms with van der Waals surface area (Å²) in [6, 6.07) is 6.34. The van der Waals surface area contributed by atoms with E-state index in [9.17, 15) is 4.39 Å². The van der Waals surface area contributed by atoms with E-state index < -0.39 is 0 Å². The Morgan fingerprint density at radius 3 is 2.69 bits per heavy atom. The van der Waals surface area contributed by atoms with Gasteiger partial charge in [-0.25, -0.2) is 4.39 Å². The third-order valence-electron chi connectivity index (χ3n) is 2.17. The Morgan fingerprint density at radius 1 is 1.38 bits per heavy atom. The molecule has 0 aliphatic carbocycles. The number of rotatable bonds is 7. The molecule has 0 bridgehead atoms. The Bertz CT molecular complexity index is 292. The Kier molecular flexibility index (Phi) is 6.26. The van der Waals surface area contributed by atoms with Gasteiger partial charge in [0.25, 0.3) is 0 Å². The largest absolute Gasteiger partial charge is 0.493 e. The molecule has 0 aliphatic rings. The average Bonchev–Trinajstić information content (AvgIpc) is 2.31. The summed E-state index contributed by atoms with van der Waals surface area (Å²) in [5.41, 5.74) is 5.78. The lowest BCUT2D eigenvalue weighted by molar-refractivity contribution is 0.343. The number of nitrogens with two attached hydrogens (primary N) is 1. The van der Waals surface area contributed by atoms with Crippen molar-refractivity contribution in [2.75, 3.05) is 18.1 Å². The van der Waals surface area contributed by atoms with Crippen LogP contribution in [-0.4, -0.2) is 24.2 Å². The molecular formula is C12H18FNOS. The Labute approximate surface area is 100 Å². The molecule has 0 aliphatic heterocycles. The second kappa shape index (κ2) is 7.52. The van der Waals surface area contributed by atoms with Crippen LogP contribution in [-0.2, 0) is 0 Å². The first kappa shape index (κ1) is 13.3. The molecular weight excluding hydrogens is 225 g/mol. The summed E-state index contributed by atoms with van der Waals surface area (Å²) in [6.45, 7) is 2.72. The zero-order valence-corrected chi connectivity index (χ0v) is 10.3. The first-order valence-electron chi connectivity index (χ1n) is 5.44. The van der Waals surface area contributed by atoms with Gasteiger partial charge in [-0.1, -0.05) is 6.92 Å². The maximum atomic E-state index is 12.6. The summed E-state index contributed by atoms with van der Waals surface area (Å²) >= 11 is 1.78. The molecule has 4 heteroatoms. The number of halogens is 1. The fourth-order valence-corrected chi connectivity index (χ4v) is 2.01. The smallest absolute Gasteiger partial charge is 0.123 e. The molecule has 1 rings (SSSR count). The molecule has 16 heavy (non-hydrogen) atoms. The highest BCUT2D eigenvalue weighted by atomic mass is 32.2. The van der Waals surface area contributed by atoms with E-state index >= 15 is 0 Å². The van der Waals surface area contributed by atoms with E-state index in [1.807, 2.05) is 0 Å². The zero-order chi connectivity index (χ0) is 11.8. The van der Waals surface area contributed by atoms with Gasteiger partial charge in [0.1, 0.15) is 11.6 Å². The van der Waals surface area contributed by atoms with Crippen molar-refractivity contribution in [3.8, 4) is 5.75 Å². The van der Waals surface area contributed by atoms with Crippen molar-refractivity contribution >= 4 is 11.8 Å². The highest BCUT2D eigenvalue weighted by Crippen LogP contribution is 2.12. The fraction of sp³-hybridized carbons (Fsp3) is 0.500. The van der Waals surface area contributed by atoms with Gasteiger partial charge in [-0.3, -0.25) is 0 Å². The summed E-state index contributed by atoms with van der Waals surface area (Å²) < 4.78 is 18.0. The maximum Gasteiger partial charge on any atom is 0.123 e. The Balaban J connectivity index is 2.09. The highest BCUT2D eigenvalue weighted by molar-refractivity contribution is 7.99. The number of benzene rings is 1. The van der Waals surface area contributed by atoms with E-state index in [0.29, 0.717) is 12.4 Å². The summed E-state index contributed by atoms with van der Waals surface area (Å²) in [6.07, 6.45) is 1.01. The molecule has 2 nitrogen and oxygen atoms in total. The molecule has 90 valence electrons. The van der Waals surface area contributed by atoms with Crippen molar-refractivity contribution in [1.29, 1.82) is 0 Å². The first-order valence-corrected chi connectivity index (χ1v) is 6.59. The lowest BCUT2D eigenvalue weighted by Crippen LogP contribution is -2.21. The van der Waals surface area contributed by atoms with Crippen molar-refractivity contribution in [1.82, 2.24) is 0 Å². The number of hydrogen-bond acceptors (Lipinski definition) is 3. The standard InChI is InChI=1S/C12H18FNOS/c1-2-11(14)9-16-8-7-15-12-5-3-10(13)4-6-12/h3-6,11H,2,7-9,14H2,1H3. The van der Waals surface area contributed by atoms with E-state index in [-0.39, 0.29) is 11.9 Å². The third-order valence-corrected chi connectivity index (χ3v) is 3.29.